The Balaban J connectivity index is 1.53. The number of rotatable bonds is 4. The zero-order chi connectivity index (χ0) is 14.1. The van der Waals surface area contributed by atoms with Crippen molar-refractivity contribution in [3.05, 3.63) is 29.8 Å². The summed E-state index contributed by atoms with van der Waals surface area (Å²) in [6.45, 7) is 0.352. The third-order valence-electron chi connectivity index (χ3n) is 3.75. The minimum Gasteiger partial charge on any atom is -0.497 e. The lowest BCUT2D eigenvalue weighted by Crippen LogP contribution is -2.44. The number of nitrogens with one attached hydrogen (secondary N) is 3. The standard InChI is InChI=1S/C14H17N3O3/c1-20-9-4-2-8(3-5-9)10-6-11(10)16-13(18)12-7-15-14(19)17-12/h2-5,10-12H,6-7H2,1H3,(H,16,18)(H2,15,17,19)/t10-,11-,12-/m0/s1. The molecule has 20 heavy (non-hydrogen) atoms. The van der Waals surface area contributed by atoms with Crippen LogP contribution in [0.2, 0.25) is 0 Å². The van der Waals surface area contributed by atoms with Crippen LogP contribution in [0.5, 0.6) is 5.75 Å². The predicted molar refractivity (Wildman–Crippen MR) is 72.6 cm³/mol. The van der Waals surface area contributed by atoms with Crippen molar-refractivity contribution in [1.82, 2.24) is 16.0 Å². The maximum Gasteiger partial charge on any atom is 0.315 e. The SMILES string of the molecule is COc1ccc([C@@H]2C[C@@H]2NC(=O)[C@@H]2CNC(=O)N2)cc1. The number of carbonyl (C=O) groups excluding carboxylic acids is 2. The Morgan fingerprint density at radius 3 is 2.70 bits per heavy atom. The second-order valence-corrected chi connectivity index (χ2v) is 5.14. The van der Waals surface area contributed by atoms with E-state index in [4.69, 9.17) is 4.74 Å². The van der Waals surface area contributed by atoms with Crippen LogP contribution >= 0.6 is 0 Å². The maximum absolute atomic E-state index is 11.9. The first-order valence-corrected chi connectivity index (χ1v) is 6.66. The van der Waals surface area contributed by atoms with Crippen molar-refractivity contribution in [1.29, 1.82) is 0 Å². The fourth-order valence-electron chi connectivity index (χ4n) is 2.47. The lowest BCUT2D eigenvalue weighted by atomic mass is 10.1. The number of benzene rings is 1. The van der Waals surface area contributed by atoms with Gasteiger partial charge in [-0.15, -0.1) is 0 Å². The Morgan fingerprint density at radius 2 is 2.10 bits per heavy atom. The molecule has 1 saturated heterocycles. The molecule has 0 bridgehead atoms. The zero-order valence-corrected chi connectivity index (χ0v) is 11.2. The van der Waals surface area contributed by atoms with Crippen molar-refractivity contribution in [3.8, 4) is 5.75 Å². The van der Waals surface area contributed by atoms with Gasteiger partial charge in [0, 0.05) is 18.5 Å². The Morgan fingerprint density at radius 1 is 1.35 bits per heavy atom. The molecule has 1 aliphatic carbocycles. The van der Waals surface area contributed by atoms with Crippen LogP contribution in [0.4, 0.5) is 4.79 Å². The van der Waals surface area contributed by atoms with E-state index in [0.29, 0.717) is 12.5 Å². The highest BCUT2D eigenvalue weighted by molar-refractivity contribution is 5.90. The smallest absolute Gasteiger partial charge is 0.315 e. The molecule has 106 valence electrons. The Hall–Kier alpha value is -2.24. The van der Waals surface area contributed by atoms with E-state index in [1.165, 1.54) is 5.56 Å². The highest BCUT2D eigenvalue weighted by atomic mass is 16.5. The van der Waals surface area contributed by atoms with Crippen LogP contribution in [0.15, 0.2) is 24.3 Å². The normalized spacial score (nSPS) is 27.4. The predicted octanol–water partition coefficient (Wildman–Crippen LogP) is 0.349. The molecule has 1 saturated carbocycles. The molecular weight excluding hydrogens is 258 g/mol. The second-order valence-electron chi connectivity index (χ2n) is 5.14. The van der Waals surface area contributed by atoms with E-state index in [-0.39, 0.29) is 18.0 Å². The van der Waals surface area contributed by atoms with Gasteiger partial charge in [0.1, 0.15) is 11.8 Å². The lowest BCUT2D eigenvalue weighted by molar-refractivity contribution is -0.122. The molecule has 2 fully saturated rings. The molecule has 3 amide bonds. The van der Waals surface area contributed by atoms with Gasteiger partial charge in [-0.05, 0) is 24.1 Å². The summed E-state index contributed by atoms with van der Waals surface area (Å²) in [6, 6.07) is 7.31. The molecule has 6 nitrogen and oxygen atoms in total. The molecule has 1 aromatic rings. The van der Waals surface area contributed by atoms with Crippen molar-refractivity contribution in [3.63, 3.8) is 0 Å². The van der Waals surface area contributed by atoms with Crippen LogP contribution in [0.25, 0.3) is 0 Å². The summed E-state index contributed by atoms with van der Waals surface area (Å²) in [4.78, 5) is 22.9. The number of carbonyl (C=O) groups is 2. The van der Waals surface area contributed by atoms with Gasteiger partial charge >= 0.3 is 6.03 Å². The molecule has 3 atom stereocenters. The van der Waals surface area contributed by atoms with E-state index in [0.717, 1.165) is 12.2 Å². The van der Waals surface area contributed by atoms with E-state index in [2.05, 4.69) is 16.0 Å². The zero-order valence-electron chi connectivity index (χ0n) is 11.2. The van der Waals surface area contributed by atoms with Gasteiger partial charge in [-0.1, -0.05) is 12.1 Å². The van der Waals surface area contributed by atoms with Gasteiger partial charge in [-0.2, -0.15) is 0 Å². The van der Waals surface area contributed by atoms with Gasteiger partial charge in [0.15, 0.2) is 0 Å². The first-order chi connectivity index (χ1) is 9.67. The number of hydrogen-bond donors (Lipinski definition) is 3. The van der Waals surface area contributed by atoms with Gasteiger partial charge in [0.05, 0.1) is 7.11 Å². The number of amides is 3. The summed E-state index contributed by atoms with van der Waals surface area (Å²) < 4.78 is 5.12. The molecule has 0 unspecified atom stereocenters. The van der Waals surface area contributed by atoms with Gasteiger partial charge in [-0.25, -0.2) is 4.79 Å². The molecule has 2 aliphatic rings. The minimum atomic E-state index is -0.459. The van der Waals surface area contributed by atoms with Crippen molar-refractivity contribution >= 4 is 11.9 Å². The number of ether oxygens (including phenoxy) is 1. The molecule has 1 heterocycles. The molecule has 1 aromatic carbocycles. The third-order valence-corrected chi connectivity index (χ3v) is 3.75. The topological polar surface area (TPSA) is 79.5 Å². The molecule has 0 spiro atoms. The number of methoxy groups -OCH3 is 1. The second kappa shape index (κ2) is 5.03. The Kier molecular flexibility index (Phi) is 3.22. The van der Waals surface area contributed by atoms with Crippen molar-refractivity contribution in [2.75, 3.05) is 13.7 Å². The number of hydrogen-bond acceptors (Lipinski definition) is 3. The van der Waals surface area contributed by atoms with Gasteiger partial charge in [0.25, 0.3) is 0 Å². The Bertz CT molecular complexity index is 529. The van der Waals surface area contributed by atoms with E-state index in [9.17, 15) is 9.59 Å². The summed E-state index contributed by atoms with van der Waals surface area (Å²) in [6.07, 6.45) is 0.937. The summed E-state index contributed by atoms with van der Waals surface area (Å²) in [5.41, 5.74) is 1.20. The summed E-state index contributed by atoms with van der Waals surface area (Å²) in [7, 11) is 1.64. The van der Waals surface area contributed by atoms with Crippen LogP contribution < -0.4 is 20.7 Å². The molecule has 3 rings (SSSR count). The van der Waals surface area contributed by atoms with Crippen LogP contribution in [0, 0.1) is 0 Å². The average molecular weight is 275 g/mol. The van der Waals surface area contributed by atoms with Crippen LogP contribution in [0.3, 0.4) is 0 Å². The monoisotopic (exact) mass is 275 g/mol. The summed E-state index contributed by atoms with van der Waals surface area (Å²) >= 11 is 0. The molecular formula is C14H17N3O3. The first kappa shape index (κ1) is 12.8. The third kappa shape index (κ3) is 2.54. The van der Waals surface area contributed by atoms with Gasteiger partial charge < -0.3 is 20.7 Å². The lowest BCUT2D eigenvalue weighted by Gasteiger charge is -2.09. The van der Waals surface area contributed by atoms with Crippen LogP contribution in [-0.2, 0) is 4.79 Å². The Labute approximate surface area is 116 Å². The molecule has 6 heteroatoms. The maximum atomic E-state index is 11.9. The summed E-state index contributed by atoms with van der Waals surface area (Å²) in [5.74, 6) is 1.06. The highest BCUT2D eigenvalue weighted by Crippen LogP contribution is 2.41. The van der Waals surface area contributed by atoms with Gasteiger partial charge in [-0.3, -0.25) is 4.79 Å². The van der Waals surface area contributed by atoms with Crippen LogP contribution in [-0.4, -0.2) is 37.7 Å². The van der Waals surface area contributed by atoms with E-state index in [1.807, 2.05) is 24.3 Å². The molecule has 0 radical (unpaired) electrons. The first-order valence-electron chi connectivity index (χ1n) is 6.66. The summed E-state index contributed by atoms with van der Waals surface area (Å²) in [5, 5.41) is 8.12. The van der Waals surface area contributed by atoms with E-state index in [1.54, 1.807) is 7.11 Å². The van der Waals surface area contributed by atoms with Crippen molar-refractivity contribution in [2.24, 2.45) is 0 Å². The van der Waals surface area contributed by atoms with Crippen molar-refractivity contribution in [2.45, 2.75) is 24.4 Å². The van der Waals surface area contributed by atoms with Crippen LogP contribution in [0.1, 0.15) is 17.9 Å². The highest BCUT2D eigenvalue weighted by Gasteiger charge is 2.41. The van der Waals surface area contributed by atoms with E-state index < -0.39 is 6.04 Å². The number of urea groups is 1. The molecule has 3 N–H and O–H groups in total. The largest absolute Gasteiger partial charge is 0.497 e. The van der Waals surface area contributed by atoms with Gasteiger partial charge in [0.2, 0.25) is 5.91 Å². The fourth-order valence-corrected chi connectivity index (χ4v) is 2.47. The van der Waals surface area contributed by atoms with E-state index >= 15 is 0 Å². The molecule has 1 aliphatic heterocycles. The quantitative estimate of drug-likeness (QED) is 0.742. The average Bonchev–Trinajstić information content (AvgIpc) is 3.09. The molecule has 0 aromatic heterocycles. The van der Waals surface area contributed by atoms with Crippen molar-refractivity contribution < 1.29 is 14.3 Å². The minimum absolute atomic E-state index is 0.121. The fraction of sp³-hybridized carbons (Fsp3) is 0.429.